The molecule has 2 aromatic rings. The number of benzene rings is 1. The van der Waals surface area contributed by atoms with Crippen LogP contribution in [0, 0.1) is 0 Å². The molecule has 0 saturated heterocycles. The van der Waals surface area contributed by atoms with E-state index in [1.165, 1.54) is 6.33 Å². The van der Waals surface area contributed by atoms with Crippen molar-refractivity contribution in [2.45, 2.75) is 0 Å². The van der Waals surface area contributed by atoms with Gasteiger partial charge in [-0.3, -0.25) is 0 Å². The zero-order chi connectivity index (χ0) is 12.3. The lowest BCUT2D eigenvalue weighted by atomic mass is 10.2. The van der Waals surface area contributed by atoms with Crippen molar-refractivity contribution in [1.29, 1.82) is 0 Å². The van der Waals surface area contributed by atoms with Crippen LogP contribution in [0.3, 0.4) is 0 Å². The first kappa shape index (κ1) is 12.3. The fraction of sp³-hybridized carbons (Fsp3) is 0. The molecule has 6 heteroatoms. The molecule has 0 aliphatic rings. The number of rotatable bonds is 2. The summed E-state index contributed by atoms with van der Waals surface area (Å²) in [6.07, 6.45) is 4.53. The van der Waals surface area contributed by atoms with Crippen LogP contribution in [0.1, 0.15) is 5.56 Å². The number of hydrogen-bond acceptors (Lipinski definition) is 3. The van der Waals surface area contributed by atoms with Gasteiger partial charge in [-0.2, -0.15) is 0 Å². The Kier molecular flexibility index (Phi) is 3.94. The Morgan fingerprint density at radius 1 is 1.12 bits per heavy atom. The predicted octanol–water partition coefficient (Wildman–Crippen LogP) is 4.10. The summed E-state index contributed by atoms with van der Waals surface area (Å²) < 4.78 is 0. The van der Waals surface area contributed by atoms with E-state index >= 15 is 0 Å². The van der Waals surface area contributed by atoms with Gasteiger partial charge in [-0.05, 0) is 18.2 Å². The van der Waals surface area contributed by atoms with Crippen LogP contribution in [0.25, 0.3) is 0 Å². The molecule has 0 spiro atoms. The molecule has 0 unspecified atom stereocenters. The Morgan fingerprint density at radius 3 is 2.47 bits per heavy atom. The number of nitrogens with zero attached hydrogens (tertiary/aromatic N) is 3. The molecule has 1 aromatic carbocycles. The second-order valence-corrected chi connectivity index (χ2v) is 4.33. The molecular formula is C11H6Cl3N3. The van der Waals surface area contributed by atoms with Crippen molar-refractivity contribution in [3.63, 3.8) is 0 Å². The molecular weight excluding hydrogens is 281 g/mol. The Bertz CT molecular complexity index is 555. The molecule has 17 heavy (non-hydrogen) atoms. The lowest BCUT2D eigenvalue weighted by molar-refractivity contribution is 1.16. The summed E-state index contributed by atoms with van der Waals surface area (Å²) in [5.74, 6) is 0. The summed E-state index contributed by atoms with van der Waals surface area (Å²) in [4.78, 5) is 11.8. The molecule has 3 nitrogen and oxygen atoms in total. The maximum atomic E-state index is 6.07. The Labute approximate surface area is 113 Å². The van der Waals surface area contributed by atoms with Gasteiger partial charge in [-0.15, -0.1) is 0 Å². The van der Waals surface area contributed by atoms with Gasteiger partial charge in [0, 0.05) is 10.6 Å². The smallest absolute Gasteiger partial charge is 0.138 e. The fourth-order valence-electron chi connectivity index (χ4n) is 1.18. The summed E-state index contributed by atoms with van der Waals surface area (Å²) in [5.41, 5.74) is 1.17. The van der Waals surface area contributed by atoms with Crippen molar-refractivity contribution in [2.24, 2.45) is 4.99 Å². The van der Waals surface area contributed by atoms with Crippen molar-refractivity contribution >= 4 is 45.7 Å². The van der Waals surface area contributed by atoms with E-state index in [0.717, 1.165) is 0 Å². The zero-order valence-corrected chi connectivity index (χ0v) is 10.7. The van der Waals surface area contributed by atoms with Gasteiger partial charge in [-0.1, -0.05) is 34.8 Å². The molecule has 0 N–H and O–H groups in total. The van der Waals surface area contributed by atoms with Crippen molar-refractivity contribution in [1.82, 2.24) is 9.97 Å². The third-order valence-corrected chi connectivity index (χ3v) is 2.76. The third-order valence-electron chi connectivity index (χ3n) is 1.93. The largest absolute Gasteiger partial charge is 0.243 e. The summed E-state index contributed by atoms with van der Waals surface area (Å²) in [5, 5.41) is 1.26. The average Bonchev–Trinajstić information content (AvgIpc) is 2.30. The van der Waals surface area contributed by atoms with Gasteiger partial charge in [0.25, 0.3) is 0 Å². The molecule has 0 atom stereocenters. The summed E-state index contributed by atoms with van der Waals surface area (Å²) in [7, 11) is 0. The Morgan fingerprint density at radius 2 is 1.82 bits per heavy atom. The standard InChI is InChI=1S/C11H6Cl3N3/c12-7-1-2-9(10(13)3-7)11(14)17-8-4-15-6-16-5-8/h1-6H. The van der Waals surface area contributed by atoms with E-state index in [1.807, 2.05) is 0 Å². The first-order valence-electron chi connectivity index (χ1n) is 4.61. The zero-order valence-electron chi connectivity index (χ0n) is 8.44. The van der Waals surface area contributed by atoms with Crippen molar-refractivity contribution in [3.05, 3.63) is 52.5 Å². The highest BCUT2D eigenvalue weighted by molar-refractivity contribution is 6.70. The molecule has 0 fully saturated rings. The molecule has 1 aromatic heterocycles. The second-order valence-electron chi connectivity index (χ2n) is 3.12. The van der Waals surface area contributed by atoms with Crippen molar-refractivity contribution in [2.75, 3.05) is 0 Å². The molecule has 0 aliphatic heterocycles. The van der Waals surface area contributed by atoms with Crippen molar-refractivity contribution < 1.29 is 0 Å². The number of halogens is 3. The lowest BCUT2D eigenvalue weighted by Crippen LogP contribution is -1.92. The van der Waals surface area contributed by atoms with E-state index in [4.69, 9.17) is 34.8 Å². The van der Waals surface area contributed by atoms with Crippen molar-refractivity contribution in [3.8, 4) is 0 Å². The molecule has 0 amide bonds. The first-order chi connectivity index (χ1) is 8.16. The molecule has 0 aliphatic carbocycles. The predicted molar refractivity (Wildman–Crippen MR) is 70.5 cm³/mol. The highest BCUT2D eigenvalue weighted by Crippen LogP contribution is 2.24. The number of aliphatic imine (C=N–C) groups is 1. The molecule has 2 rings (SSSR count). The summed E-state index contributed by atoms with van der Waals surface area (Å²) >= 11 is 17.9. The number of aromatic nitrogens is 2. The normalized spacial score (nSPS) is 11.6. The van der Waals surface area contributed by atoms with Crippen LogP contribution < -0.4 is 0 Å². The minimum absolute atomic E-state index is 0.265. The molecule has 0 radical (unpaired) electrons. The SMILES string of the molecule is ClC(=Nc1cncnc1)c1ccc(Cl)cc1Cl. The maximum Gasteiger partial charge on any atom is 0.138 e. The maximum absolute atomic E-state index is 6.07. The Hall–Kier alpha value is -1.16. The van der Waals surface area contributed by atoms with Crippen LogP contribution in [-0.2, 0) is 0 Å². The van der Waals surface area contributed by atoms with Gasteiger partial charge < -0.3 is 0 Å². The average molecular weight is 287 g/mol. The fourth-order valence-corrected chi connectivity index (χ4v) is 1.99. The van der Waals surface area contributed by atoms with Crippen LogP contribution in [0.5, 0.6) is 0 Å². The monoisotopic (exact) mass is 285 g/mol. The van der Waals surface area contributed by atoms with E-state index in [1.54, 1.807) is 30.6 Å². The summed E-state index contributed by atoms with van der Waals surface area (Å²) in [6, 6.07) is 5.01. The van der Waals surface area contributed by atoms with Crippen LogP contribution in [0.2, 0.25) is 10.0 Å². The highest BCUT2D eigenvalue weighted by Gasteiger charge is 2.06. The van der Waals surface area contributed by atoms with Crippen LogP contribution in [0.4, 0.5) is 5.69 Å². The van der Waals surface area contributed by atoms with Crippen LogP contribution >= 0.6 is 34.8 Å². The topological polar surface area (TPSA) is 38.1 Å². The van der Waals surface area contributed by atoms with Crippen LogP contribution in [-0.4, -0.2) is 15.1 Å². The van der Waals surface area contributed by atoms with Gasteiger partial charge in [0.05, 0.1) is 17.4 Å². The quantitative estimate of drug-likeness (QED) is 0.780. The van der Waals surface area contributed by atoms with Gasteiger partial charge in [0.2, 0.25) is 0 Å². The third kappa shape index (κ3) is 3.16. The molecule has 0 bridgehead atoms. The summed E-state index contributed by atoms with van der Waals surface area (Å²) in [6.45, 7) is 0. The minimum atomic E-state index is 0.265. The molecule has 86 valence electrons. The van der Waals surface area contributed by atoms with E-state index in [-0.39, 0.29) is 5.17 Å². The van der Waals surface area contributed by atoms with E-state index in [2.05, 4.69) is 15.0 Å². The minimum Gasteiger partial charge on any atom is -0.243 e. The van der Waals surface area contributed by atoms with Gasteiger partial charge in [-0.25, -0.2) is 15.0 Å². The van der Waals surface area contributed by atoms with E-state index in [0.29, 0.717) is 21.3 Å². The van der Waals surface area contributed by atoms with Gasteiger partial charge >= 0.3 is 0 Å². The van der Waals surface area contributed by atoms with Crippen LogP contribution in [0.15, 0.2) is 41.9 Å². The van der Waals surface area contributed by atoms with Gasteiger partial charge in [0.1, 0.15) is 17.2 Å². The Balaban J connectivity index is 2.37. The lowest BCUT2D eigenvalue weighted by Gasteiger charge is -2.02. The molecule has 1 heterocycles. The molecule has 0 saturated carbocycles. The second kappa shape index (κ2) is 5.45. The first-order valence-corrected chi connectivity index (χ1v) is 5.75. The van der Waals surface area contributed by atoms with E-state index < -0.39 is 0 Å². The van der Waals surface area contributed by atoms with Gasteiger partial charge in [0.15, 0.2) is 0 Å². The number of hydrogen-bond donors (Lipinski definition) is 0. The van der Waals surface area contributed by atoms with E-state index in [9.17, 15) is 0 Å². The highest BCUT2D eigenvalue weighted by atomic mass is 35.5.